The van der Waals surface area contributed by atoms with Gasteiger partial charge in [-0.3, -0.25) is 4.90 Å². The zero-order chi connectivity index (χ0) is 14.5. The van der Waals surface area contributed by atoms with E-state index in [1.165, 1.54) is 19.3 Å². The number of aromatic nitrogens is 2. The van der Waals surface area contributed by atoms with Gasteiger partial charge in [-0.15, -0.1) is 0 Å². The van der Waals surface area contributed by atoms with Crippen LogP contribution < -0.4 is 9.64 Å². The molecule has 0 atom stereocenters. The first-order chi connectivity index (χ1) is 10.3. The number of hydrogen-bond acceptors (Lipinski definition) is 6. The van der Waals surface area contributed by atoms with Gasteiger partial charge in [-0.25, -0.2) is 9.97 Å². The van der Waals surface area contributed by atoms with Crippen LogP contribution in [0.5, 0.6) is 5.88 Å². The van der Waals surface area contributed by atoms with Gasteiger partial charge in [-0.2, -0.15) is 0 Å². The Morgan fingerprint density at radius 3 is 2.67 bits per heavy atom. The molecule has 0 spiro atoms. The van der Waals surface area contributed by atoms with Crippen LogP contribution in [0.4, 0.5) is 5.82 Å². The standard InChI is InChI=1S/C15H24N4O2/c1-20-15-11-14(16-12-17-15)19-7-5-18(6-8-19)9-10-21-13-3-2-4-13/h11-13H,2-10H2,1H3. The van der Waals surface area contributed by atoms with Crippen molar-refractivity contribution in [3.63, 3.8) is 0 Å². The molecule has 2 fully saturated rings. The summed E-state index contributed by atoms with van der Waals surface area (Å²) in [6.45, 7) is 6.00. The van der Waals surface area contributed by atoms with E-state index in [0.29, 0.717) is 12.0 Å². The van der Waals surface area contributed by atoms with Gasteiger partial charge in [0, 0.05) is 38.8 Å². The van der Waals surface area contributed by atoms with Crippen molar-refractivity contribution in [3.05, 3.63) is 12.4 Å². The second kappa shape index (κ2) is 7.04. The molecule has 3 rings (SSSR count). The lowest BCUT2D eigenvalue weighted by molar-refractivity contribution is -0.00780. The van der Waals surface area contributed by atoms with Gasteiger partial charge in [-0.05, 0) is 19.3 Å². The molecule has 2 heterocycles. The molecule has 116 valence electrons. The van der Waals surface area contributed by atoms with Crippen molar-refractivity contribution in [2.45, 2.75) is 25.4 Å². The normalized spacial score (nSPS) is 20.3. The first-order valence-electron chi connectivity index (χ1n) is 7.80. The fourth-order valence-electron chi connectivity index (χ4n) is 2.70. The van der Waals surface area contributed by atoms with E-state index < -0.39 is 0 Å². The third-order valence-electron chi connectivity index (χ3n) is 4.35. The van der Waals surface area contributed by atoms with Gasteiger partial charge in [0.15, 0.2) is 0 Å². The summed E-state index contributed by atoms with van der Waals surface area (Å²) in [6, 6.07) is 1.90. The lowest BCUT2D eigenvalue weighted by Gasteiger charge is -2.35. The number of hydrogen-bond donors (Lipinski definition) is 0. The van der Waals surface area contributed by atoms with E-state index in [1.807, 2.05) is 6.07 Å². The highest BCUT2D eigenvalue weighted by Crippen LogP contribution is 2.22. The van der Waals surface area contributed by atoms with Crippen LogP contribution in [0.1, 0.15) is 19.3 Å². The minimum Gasteiger partial charge on any atom is -0.481 e. The first kappa shape index (κ1) is 14.5. The third kappa shape index (κ3) is 3.83. The van der Waals surface area contributed by atoms with Crippen molar-refractivity contribution in [1.29, 1.82) is 0 Å². The lowest BCUT2D eigenvalue weighted by Crippen LogP contribution is -2.47. The summed E-state index contributed by atoms with van der Waals surface area (Å²) in [4.78, 5) is 13.1. The lowest BCUT2D eigenvalue weighted by atomic mass is 9.96. The van der Waals surface area contributed by atoms with Crippen LogP contribution in [0.2, 0.25) is 0 Å². The average molecular weight is 292 g/mol. The van der Waals surface area contributed by atoms with E-state index >= 15 is 0 Å². The molecule has 0 amide bonds. The van der Waals surface area contributed by atoms with Crippen LogP contribution in [0.3, 0.4) is 0 Å². The van der Waals surface area contributed by atoms with Crippen LogP contribution in [0.15, 0.2) is 12.4 Å². The Balaban J connectivity index is 1.41. The summed E-state index contributed by atoms with van der Waals surface area (Å²) < 4.78 is 11.0. The van der Waals surface area contributed by atoms with Crippen molar-refractivity contribution < 1.29 is 9.47 Å². The highest BCUT2D eigenvalue weighted by Gasteiger charge is 2.20. The molecule has 6 heteroatoms. The smallest absolute Gasteiger partial charge is 0.218 e. The molecular formula is C15H24N4O2. The SMILES string of the molecule is COc1cc(N2CCN(CCOC3CCC3)CC2)ncn1. The van der Waals surface area contributed by atoms with E-state index in [9.17, 15) is 0 Å². The fraction of sp³-hybridized carbons (Fsp3) is 0.733. The van der Waals surface area contributed by atoms with E-state index in [0.717, 1.165) is 45.1 Å². The minimum absolute atomic E-state index is 0.541. The van der Waals surface area contributed by atoms with Crippen LogP contribution in [-0.2, 0) is 4.74 Å². The zero-order valence-electron chi connectivity index (χ0n) is 12.7. The molecule has 0 unspecified atom stereocenters. The van der Waals surface area contributed by atoms with Crippen LogP contribution >= 0.6 is 0 Å². The molecular weight excluding hydrogens is 268 g/mol. The van der Waals surface area contributed by atoms with Gasteiger partial charge < -0.3 is 14.4 Å². The molecule has 0 aromatic carbocycles. The number of methoxy groups -OCH3 is 1. The van der Waals surface area contributed by atoms with Crippen LogP contribution in [0, 0.1) is 0 Å². The summed E-state index contributed by atoms with van der Waals surface area (Å²) >= 11 is 0. The number of ether oxygens (including phenoxy) is 2. The number of anilines is 1. The van der Waals surface area contributed by atoms with E-state index in [1.54, 1.807) is 13.4 Å². The van der Waals surface area contributed by atoms with Gasteiger partial charge in [-0.1, -0.05) is 0 Å². The number of nitrogens with zero attached hydrogens (tertiary/aromatic N) is 4. The van der Waals surface area contributed by atoms with Gasteiger partial charge >= 0.3 is 0 Å². The highest BCUT2D eigenvalue weighted by molar-refractivity contribution is 5.41. The van der Waals surface area contributed by atoms with E-state index in [-0.39, 0.29) is 0 Å². The Kier molecular flexibility index (Phi) is 4.87. The molecule has 1 aliphatic heterocycles. The molecule has 21 heavy (non-hydrogen) atoms. The van der Waals surface area contributed by atoms with Gasteiger partial charge in [0.2, 0.25) is 5.88 Å². The summed E-state index contributed by atoms with van der Waals surface area (Å²) in [5, 5.41) is 0. The van der Waals surface area contributed by atoms with Crippen LogP contribution in [0.25, 0.3) is 0 Å². The maximum absolute atomic E-state index is 5.83. The Bertz CT molecular complexity index is 445. The van der Waals surface area contributed by atoms with Crippen molar-refractivity contribution >= 4 is 5.82 Å². The number of rotatable bonds is 6. The first-order valence-corrected chi connectivity index (χ1v) is 7.80. The molecule has 1 aliphatic carbocycles. The van der Waals surface area contributed by atoms with Crippen LogP contribution in [-0.4, -0.2) is 67.4 Å². The predicted molar refractivity (Wildman–Crippen MR) is 80.8 cm³/mol. The van der Waals surface area contributed by atoms with Crippen molar-refractivity contribution in [2.75, 3.05) is 51.3 Å². The molecule has 2 aliphatic rings. The molecule has 1 aromatic rings. The molecule has 0 bridgehead atoms. The zero-order valence-corrected chi connectivity index (χ0v) is 12.7. The maximum atomic E-state index is 5.83. The molecule has 0 radical (unpaired) electrons. The van der Waals surface area contributed by atoms with Gasteiger partial charge in [0.05, 0.1) is 19.8 Å². The largest absolute Gasteiger partial charge is 0.481 e. The quantitative estimate of drug-likeness (QED) is 0.784. The average Bonchev–Trinajstić information content (AvgIpc) is 2.50. The second-order valence-corrected chi connectivity index (χ2v) is 5.67. The molecule has 6 nitrogen and oxygen atoms in total. The summed E-state index contributed by atoms with van der Waals surface area (Å²) in [5.41, 5.74) is 0. The highest BCUT2D eigenvalue weighted by atomic mass is 16.5. The van der Waals surface area contributed by atoms with Crippen molar-refractivity contribution in [2.24, 2.45) is 0 Å². The fourth-order valence-corrected chi connectivity index (χ4v) is 2.70. The van der Waals surface area contributed by atoms with Gasteiger partial charge in [0.1, 0.15) is 12.1 Å². The Hall–Kier alpha value is -1.40. The second-order valence-electron chi connectivity index (χ2n) is 5.67. The summed E-state index contributed by atoms with van der Waals surface area (Å²) in [7, 11) is 1.63. The topological polar surface area (TPSA) is 50.7 Å². The molecule has 0 N–H and O–H groups in total. The van der Waals surface area contributed by atoms with Crippen molar-refractivity contribution in [1.82, 2.24) is 14.9 Å². The molecule has 1 saturated heterocycles. The Morgan fingerprint density at radius 1 is 1.19 bits per heavy atom. The van der Waals surface area contributed by atoms with E-state index in [4.69, 9.17) is 9.47 Å². The monoisotopic (exact) mass is 292 g/mol. The minimum atomic E-state index is 0.541. The van der Waals surface area contributed by atoms with E-state index in [2.05, 4.69) is 19.8 Å². The molecule has 1 aromatic heterocycles. The van der Waals surface area contributed by atoms with Crippen molar-refractivity contribution in [3.8, 4) is 5.88 Å². The Labute approximate surface area is 126 Å². The Morgan fingerprint density at radius 2 is 2.00 bits per heavy atom. The summed E-state index contributed by atoms with van der Waals surface area (Å²) in [6.07, 6.45) is 5.95. The predicted octanol–water partition coefficient (Wildman–Crippen LogP) is 1.18. The third-order valence-corrected chi connectivity index (χ3v) is 4.35. The maximum Gasteiger partial charge on any atom is 0.218 e. The summed E-state index contributed by atoms with van der Waals surface area (Å²) in [5.74, 6) is 1.57. The number of piperazine rings is 1. The van der Waals surface area contributed by atoms with Gasteiger partial charge in [0.25, 0.3) is 0 Å². The molecule has 1 saturated carbocycles.